The van der Waals surface area contributed by atoms with Crippen molar-refractivity contribution >= 4 is 5.78 Å². The Labute approximate surface area is 90.9 Å². The van der Waals surface area contributed by atoms with E-state index in [0.29, 0.717) is 12.3 Å². The molecule has 0 spiro atoms. The second kappa shape index (κ2) is 4.58. The number of hydrogen-bond acceptors (Lipinski definition) is 2. The SMILES string of the molecule is CCc1ccccc1CN1CCC(=O)C1. The van der Waals surface area contributed by atoms with Crippen molar-refractivity contribution in [3.63, 3.8) is 0 Å². The van der Waals surface area contributed by atoms with E-state index < -0.39 is 0 Å². The third-order valence-corrected chi connectivity index (χ3v) is 3.00. The van der Waals surface area contributed by atoms with Crippen LogP contribution >= 0.6 is 0 Å². The number of carbonyl (C=O) groups is 1. The van der Waals surface area contributed by atoms with Gasteiger partial charge in [-0.2, -0.15) is 0 Å². The topological polar surface area (TPSA) is 20.3 Å². The molecule has 1 aliphatic rings. The Hall–Kier alpha value is -1.15. The van der Waals surface area contributed by atoms with E-state index in [1.807, 2.05) is 0 Å². The molecule has 80 valence electrons. The molecular weight excluding hydrogens is 186 g/mol. The van der Waals surface area contributed by atoms with Crippen LogP contribution in [0.5, 0.6) is 0 Å². The Kier molecular flexibility index (Phi) is 3.17. The highest BCUT2D eigenvalue weighted by atomic mass is 16.1. The number of benzene rings is 1. The number of ketones is 1. The van der Waals surface area contributed by atoms with Gasteiger partial charge in [-0.05, 0) is 17.5 Å². The molecule has 2 rings (SSSR count). The molecule has 2 nitrogen and oxygen atoms in total. The van der Waals surface area contributed by atoms with E-state index in [0.717, 1.165) is 25.9 Å². The second-order valence-corrected chi connectivity index (χ2v) is 4.12. The third kappa shape index (κ3) is 2.45. The summed E-state index contributed by atoms with van der Waals surface area (Å²) in [5, 5.41) is 0. The van der Waals surface area contributed by atoms with E-state index in [2.05, 4.69) is 36.1 Å². The molecule has 0 saturated carbocycles. The van der Waals surface area contributed by atoms with Gasteiger partial charge in [0.2, 0.25) is 0 Å². The lowest BCUT2D eigenvalue weighted by atomic mass is 10.1. The lowest BCUT2D eigenvalue weighted by molar-refractivity contribution is -0.116. The summed E-state index contributed by atoms with van der Waals surface area (Å²) >= 11 is 0. The number of nitrogens with zero attached hydrogens (tertiary/aromatic N) is 1. The first kappa shape index (κ1) is 10.4. The Morgan fingerprint density at radius 2 is 2.00 bits per heavy atom. The van der Waals surface area contributed by atoms with Gasteiger partial charge in [0.05, 0.1) is 6.54 Å². The van der Waals surface area contributed by atoms with Crippen LogP contribution < -0.4 is 0 Å². The van der Waals surface area contributed by atoms with Crippen molar-refractivity contribution < 1.29 is 4.79 Å². The number of carbonyl (C=O) groups excluding carboxylic acids is 1. The maximum atomic E-state index is 11.2. The van der Waals surface area contributed by atoms with E-state index >= 15 is 0 Å². The predicted octanol–water partition coefficient (Wildman–Crippen LogP) is 2.02. The van der Waals surface area contributed by atoms with Crippen LogP contribution in [0.15, 0.2) is 24.3 Å². The van der Waals surface area contributed by atoms with Crippen LogP contribution in [0.2, 0.25) is 0 Å². The van der Waals surface area contributed by atoms with Crippen LogP contribution in [0.1, 0.15) is 24.5 Å². The van der Waals surface area contributed by atoms with Gasteiger partial charge in [-0.15, -0.1) is 0 Å². The molecule has 0 N–H and O–H groups in total. The maximum absolute atomic E-state index is 11.2. The molecule has 0 aromatic heterocycles. The third-order valence-electron chi connectivity index (χ3n) is 3.00. The van der Waals surface area contributed by atoms with Crippen LogP contribution in [0.4, 0.5) is 0 Å². The Balaban J connectivity index is 2.07. The summed E-state index contributed by atoms with van der Waals surface area (Å²) < 4.78 is 0. The normalized spacial score (nSPS) is 17.3. The Morgan fingerprint density at radius 1 is 1.27 bits per heavy atom. The lowest BCUT2D eigenvalue weighted by Crippen LogP contribution is -2.20. The number of hydrogen-bond donors (Lipinski definition) is 0. The molecule has 1 saturated heterocycles. The molecule has 0 radical (unpaired) electrons. The summed E-state index contributed by atoms with van der Waals surface area (Å²) in [6, 6.07) is 8.50. The van der Waals surface area contributed by atoms with Crippen molar-refractivity contribution in [3.8, 4) is 0 Å². The van der Waals surface area contributed by atoms with Gasteiger partial charge in [-0.25, -0.2) is 0 Å². The van der Waals surface area contributed by atoms with Crippen LogP contribution in [0.25, 0.3) is 0 Å². The fourth-order valence-electron chi connectivity index (χ4n) is 2.12. The monoisotopic (exact) mass is 203 g/mol. The number of Topliss-reactive ketones (excluding diaryl/α,β-unsaturated/α-hetero) is 1. The molecule has 0 unspecified atom stereocenters. The molecule has 2 heteroatoms. The van der Waals surface area contributed by atoms with E-state index in [4.69, 9.17) is 0 Å². The van der Waals surface area contributed by atoms with E-state index in [-0.39, 0.29) is 0 Å². The molecule has 15 heavy (non-hydrogen) atoms. The Bertz CT molecular complexity index is 359. The average Bonchev–Trinajstić information content (AvgIpc) is 2.65. The molecule has 0 aliphatic carbocycles. The fourth-order valence-corrected chi connectivity index (χ4v) is 2.12. The van der Waals surface area contributed by atoms with Gasteiger partial charge in [0.25, 0.3) is 0 Å². The van der Waals surface area contributed by atoms with Crippen molar-refractivity contribution in [2.45, 2.75) is 26.3 Å². The van der Waals surface area contributed by atoms with Crippen LogP contribution in [0, 0.1) is 0 Å². The minimum absolute atomic E-state index is 0.379. The molecule has 1 aromatic carbocycles. The zero-order valence-electron chi connectivity index (χ0n) is 9.20. The predicted molar refractivity (Wildman–Crippen MR) is 60.7 cm³/mol. The van der Waals surface area contributed by atoms with Crippen molar-refractivity contribution in [1.82, 2.24) is 4.90 Å². The zero-order chi connectivity index (χ0) is 10.7. The summed E-state index contributed by atoms with van der Waals surface area (Å²) in [5.74, 6) is 0.379. The molecular formula is C13H17NO. The molecule has 0 atom stereocenters. The number of rotatable bonds is 3. The first-order valence-corrected chi connectivity index (χ1v) is 5.60. The minimum Gasteiger partial charge on any atom is -0.298 e. The standard InChI is InChI=1S/C13H17NO/c1-2-11-5-3-4-6-12(11)9-14-8-7-13(15)10-14/h3-6H,2,7-10H2,1H3. The summed E-state index contributed by atoms with van der Waals surface area (Å²) in [7, 11) is 0. The lowest BCUT2D eigenvalue weighted by Gasteiger charge is -2.15. The minimum atomic E-state index is 0.379. The molecule has 0 amide bonds. The molecule has 0 bridgehead atoms. The van der Waals surface area contributed by atoms with Gasteiger partial charge in [-0.1, -0.05) is 31.2 Å². The van der Waals surface area contributed by atoms with Gasteiger partial charge in [0.1, 0.15) is 5.78 Å². The van der Waals surface area contributed by atoms with Crippen LogP contribution in [0.3, 0.4) is 0 Å². The average molecular weight is 203 g/mol. The van der Waals surface area contributed by atoms with Crippen LogP contribution in [-0.4, -0.2) is 23.8 Å². The maximum Gasteiger partial charge on any atom is 0.148 e. The smallest absolute Gasteiger partial charge is 0.148 e. The van der Waals surface area contributed by atoms with Gasteiger partial charge in [-0.3, -0.25) is 9.69 Å². The van der Waals surface area contributed by atoms with Crippen molar-refractivity contribution in [2.75, 3.05) is 13.1 Å². The van der Waals surface area contributed by atoms with Crippen molar-refractivity contribution in [3.05, 3.63) is 35.4 Å². The quantitative estimate of drug-likeness (QED) is 0.749. The summed E-state index contributed by atoms with van der Waals surface area (Å²) in [6.07, 6.45) is 1.80. The molecule has 1 heterocycles. The van der Waals surface area contributed by atoms with Crippen molar-refractivity contribution in [2.24, 2.45) is 0 Å². The van der Waals surface area contributed by atoms with Gasteiger partial charge in [0.15, 0.2) is 0 Å². The highest BCUT2D eigenvalue weighted by Gasteiger charge is 2.19. The number of likely N-dealkylation sites (tertiary alicyclic amines) is 1. The summed E-state index contributed by atoms with van der Waals surface area (Å²) in [4.78, 5) is 13.4. The molecule has 1 aromatic rings. The molecule has 1 aliphatic heterocycles. The van der Waals surface area contributed by atoms with Crippen LogP contribution in [-0.2, 0) is 17.8 Å². The highest BCUT2D eigenvalue weighted by Crippen LogP contribution is 2.15. The first-order valence-electron chi connectivity index (χ1n) is 5.60. The Morgan fingerprint density at radius 3 is 2.60 bits per heavy atom. The van der Waals surface area contributed by atoms with Gasteiger partial charge >= 0.3 is 0 Å². The second-order valence-electron chi connectivity index (χ2n) is 4.12. The summed E-state index contributed by atoms with van der Waals surface area (Å²) in [6.45, 7) is 4.67. The first-order chi connectivity index (χ1) is 7.29. The van der Waals surface area contributed by atoms with Crippen molar-refractivity contribution in [1.29, 1.82) is 0 Å². The highest BCUT2D eigenvalue weighted by molar-refractivity contribution is 5.82. The van der Waals surface area contributed by atoms with Gasteiger partial charge in [0, 0.05) is 19.5 Å². The van der Waals surface area contributed by atoms with E-state index in [1.165, 1.54) is 11.1 Å². The molecule has 1 fully saturated rings. The zero-order valence-corrected chi connectivity index (χ0v) is 9.20. The number of aryl methyl sites for hydroxylation is 1. The van der Waals surface area contributed by atoms with Gasteiger partial charge < -0.3 is 0 Å². The summed E-state index contributed by atoms with van der Waals surface area (Å²) in [5.41, 5.74) is 2.77. The fraction of sp³-hybridized carbons (Fsp3) is 0.462. The largest absolute Gasteiger partial charge is 0.298 e. The van der Waals surface area contributed by atoms with E-state index in [9.17, 15) is 4.79 Å². The van der Waals surface area contributed by atoms with E-state index in [1.54, 1.807) is 0 Å².